The summed E-state index contributed by atoms with van der Waals surface area (Å²) >= 11 is 0. The first-order chi connectivity index (χ1) is 61.2. The molecule has 0 N–H and O–H groups in total. The Hall–Kier alpha value is -14.7. The van der Waals surface area contributed by atoms with Crippen molar-refractivity contribution in [3.8, 4) is 39.9 Å². The molecular formula is C102H61B3Ir3N18-6. The topological polar surface area (TPSA) is 130 Å². The minimum atomic E-state index is 0. The van der Waals surface area contributed by atoms with Gasteiger partial charge in [-0.2, -0.15) is 88.1 Å². The molecule has 18 nitrogen and oxygen atoms in total. The number of hydrogen-bond acceptors (Lipinski definition) is 9. The van der Waals surface area contributed by atoms with E-state index in [1.807, 2.05) is 131 Å². The van der Waals surface area contributed by atoms with E-state index >= 15 is 0 Å². The van der Waals surface area contributed by atoms with Gasteiger partial charge in [-0.3, -0.25) is 28.7 Å². The molecule has 6 aliphatic heterocycles. The van der Waals surface area contributed by atoms with E-state index in [0.717, 1.165) is 79.0 Å². The van der Waals surface area contributed by atoms with Gasteiger partial charge in [0.15, 0.2) is 0 Å². The molecule has 0 saturated heterocycles. The second kappa shape index (κ2) is 30.4. The Kier molecular flexibility index (Phi) is 18.4. The van der Waals surface area contributed by atoms with E-state index in [1.165, 1.54) is 115 Å². The number of pyridine rings is 2. The molecule has 0 amide bonds. The van der Waals surface area contributed by atoms with Crippen molar-refractivity contribution in [2.24, 2.45) is 0 Å². The number of rotatable bonds is 1. The number of aromatic nitrogens is 15. The summed E-state index contributed by atoms with van der Waals surface area (Å²) in [6, 6.07) is 127. The third-order valence-corrected chi connectivity index (χ3v) is 24.8. The van der Waals surface area contributed by atoms with Gasteiger partial charge in [0, 0.05) is 206 Å². The van der Waals surface area contributed by atoms with E-state index in [1.54, 1.807) is 10.9 Å². The van der Waals surface area contributed by atoms with Crippen molar-refractivity contribution in [2.45, 2.75) is 0 Å². The zero-order chi connectivity index (χ0) is 80.5. The zero-order valence-corrected chi connectivity index (χ0v) is 73.7. The molecule has 126 heavy (non-hydrogen) atoms. The number of fused-ring (bicyclic) bond motifs is 45. The molecule has 31 rings (SSSR count). The van der Waals surface area contributed by atoms with Gasteiger partial charge in [0.05, 0.1) is 27.6 Å². The summed E-state index contributed by atoms with van der Waals surface area (Å²) < 4.78 is 19.8. The maximum absolute atomic E-state index is 4.64. The number of nitrogens with zero attached hydrogens (tertiary/aromatic N) is 18. The van der Waals surface area contributed by atoms with E-state index in [0.29, 0.717) is 0 Å². The molecule has 17 heterocycles. The molecule has 3 radical (unpaired) electrons. The van der Waals surface area contributed by atoms with Crippen molar-refractivity contribution in [3.63, 3.8) is 0 Å². The second-order valence-corrected chi connectivity index (χ2v) is 31.0. The summed E-state index contributed by atoms with van der Waals surface area (Å²) in [4.78, 5) is 21.2. The fourth-order valence-corrected chi connectivity index (χ4v) is 20.0. The predicted molar refractivity (Wildman–Crippen MR) is 494 cm³/mol. The predicted octanol–water partition coefficient (Wildman–Crippen LogP) is 21.5. The molecule has 0 aliphatic carbocycles. The van der Waals surface area contributed by atoms with E-state index in [9.17, 15) is 0 Å². The van der Waals surface area contributed by atoms with Crippen LogP contribution in [0, 0.1) is 36.4 Å². The first-order valence-corrected chi connectivity index (χ1v) is 41.0. The van der Waals surface area contributed by atoms with Crippen LogP contribution in [0.2, 0.25) is 0 Å². The van der Waals surface area contributed by atoms with Crippen LogP contribution in [0.3, 0.4) is 0 Å². The summed E-state index contributed by atoms with van der Waals surface area (Å²) in [6.07, 6.45) is 19.2. The normalized spacial score (nSPS) is 12.6. The standard InChI is InChI=1S/3C21H12BN4.2C15H9N2.C9H7N2.3Ir/c3*1-3-9-17-14(6-1)15-8-5-11-19-20(15)26(17)22-24-13-12-23-21(24)16-7-2-4-10-18(16)25(19)22;2*1-2-6-13-11(5-1)12-7-3-4-8-14(12)17-15(13)9-10-16-17;1-2-5-9(6-3-1)11-8-4-7-10-11;;;/h3*1-6,8-13H;2*1-7,9-10H;1-5,7-8H;;;/q6*-1;;;. The molecule has 14 aromatic carbocycles. The quantitative estimate of drug-likeness (QED) is 0.0895. The van der Waals surface area contributed by atoms with Gasteiger partial charge in [-0.25, -0.2) is 0 Å². The molecule has 24 heteroatoms. The SMILES string of the molecule is [Ir].[Ir].[Ir].[c-]1cccc2c1-c1nccn1B1N2c2cccc3c4ccccc4n1c23.[c-]1cccc2c1-c1nccn1B1N2c2cccc3c4ccccc4n1c23.[c-]1cccc2c1-c1nccn1B1N2c2cccc3c4ccccc4n1c23.[c-]1cccc2c3ccccc3c3ccnn3c12.[c-]1cccc2c3ccccc3c3ccnn3c12.[c-]1ccccc1-n1cccn1. The number of para-hydroxylation sites is 9. The monoisotopic (exact) mass is 2150 g/mol. The molecule has 0 bridgehead atoms. The Morgan fingerprint density at radius 1 is 0.230 bits per heavy atom. The minimum Gasteiger partial charge on any atom is -0.386 e. The summed E-state index contributed by atoms with van der Waals surface area (Å²) in [5, 5.41) is 28.0. The van der Waals surface area contributed by atoms with E-state index in [-0.39, 0.29) is 81.7 Å². The molecule has 0 spiro atoms. The van der Waals surface area contributed by atoms with Crippen LogP contribution in [-0.2, 0) is 60.3 Å². The smallest absolute Gasteiger partial charge is 0.386 e. The molecule has 0 atom stereocenters. The first-order valence-electron chi connectivity index (χ1n) is 41.0. The first kappa shape index (κ1) is 76.2. The van der Waals surface area contributed by atoms with Gasteiger partial charge in [0.25, 0.3) is 0 Å². The number of imidazole rings is 3. The molecule has 0 unspecified atom stereocenters. The molecule has 0 fully saturated rings. The van der Waals surface area contributed by atoms with Gasteiger partial charge in [0.1, 0.15) is 0 Å². The van der Waals surface area contributed by atoms with Gasteiger partial charge in [-0.1, -0.05) is 167 Å². The maximum Gasteiger partial charge on any atom is 0.501 e. The van der Waals surface area contributed by atoms with Crippen molar-refractivity contribution in [2.75, 3.05) is 14.4 Å². The van der Waals surface area contributed by atoms with Crippen molar-refractivity contribution in [1.29, 1.82) is 0 Å². The largest absolute Gasteiger partial charge is 0.501 e. The molecule has 6 aliphatic rings. The number of anilines is 6. The van der Waals surface area contributed by atoms with E-state index < -0.39 is 0 Å². The van der Waals surface area contributed by atoms with Crippen LogP contribution in [0.25, 0.3) is 160 Å². The van der Waals surface area contributed by atoms with Crippen molar-refractivity contribution in [3.05, 3.63) is 408 Å². The zero-order valence-electron chi connectivity index (χ0n) is 66.5. The molecule has 0 saturated carbocycles. The van der Waals surface area contributed by atoms with Crippen LogP contribution in [0.1, 0.15) is 0 Å². The number of benzene rings is 14. The average Bonchev–Trinajstić information content (AvgIpc) is 1.53. The van der Waals surface area contributed by atoms with E-state index in [4.69, 9.17) is 0 Å². The van der Waals surface area contributed by atoms with Crippen LogP contribution in [0.15, 0.2) is 371 Å². The Balaban J connectivity index is 0.0000000883. The second-order valence-electron chi connectivity index (χ2n) is 31.0. The van der Waals surface area contributed by atoms with Gasteiger partial charge in [-0.15, -0.1) is 89.6 Å². The van der Waals surface area contributed by atoms with E-state index in [2.05, 4.69) is 351 Å². The Morgan fingerprint density at radius 3 is 0.929 bits per heavy atom. The van der Waals surface area contributed by atoms with Gasteiger partial charge in [-0.05, 0) is 99.2 Å². The van der Waals surface area contributed by atoms with Crippen LogP contribution >= 0.6 is 0 Å². The van der Waals surface area contributed by atoms with Gasteiger partial charge < -0.3 is 41.3 Å². The fraction of sp³-hybridized carbons (Fsp3) is 0. The van der Waals surface area contributed by atoms with Crippen molar-refractivity contribution >= 4 is 175 Å². The van der Waals surface area contributed by atoms with Crippen LogP contribution in [-0.4, -0.2) is 92.2 Å². The maximum atomic E-state index is 4.64. The number of hydrogen-bond donors (Lipinski definition) is 0. The van der Waals surface area contributed by atoms with Gasteiger partial charge >= 0.3 is 21.4 Å². The van der Waals surface area contributed by atoms with Gasteiger partial charge in [0.2, 0.25) is 0 Å². The van der Waals surface area contributed by atoms with Crippen LogP contribution in [0.4, 0.5) is 34.1 Å². The summed E-state index contributed by atoms with van der Waals surface area (Å²) in [5.41, 5.74) is 23.3. The summed E-state index contributed by atoms with van der Waals surface area (Å²) in [7, 11) is 0.0711. The molecule has 25 aromatic rings. The Morgan fingerprint density at radius 2 is 0.556 bits per heavy atom. The Labute approximate surface area is 762 Å². The average molecular weight is 2150 g/mol. The third kappa shape index (κ3) is 11.2. The molecule has 11 aromatic heterocycles. The van der Waals surface area contributed by atoms with Crippen molar-refractivity contribution < 1.29 is 60.3 Å². The summed E-state index contributed by atoms with van der Waals surface area (Å²) in [5.74, 6) is 2.92. The molecular weight excluding hydrogens is 2090 g/mol. The Bertz CT molecular complexity index is 7810. The van der Waals surface area contributed by atoms with Crippen LogP contribution in [0.5, 0.6) is 0 Å². The fourth-order valence-electron chi connectivity index (χ4n) is 20.0. The summed E-state index contributed by atoms with van der Waals surface area (Å²) in [6.45, 7) is 0. The third-order valence-electron chi connectivity index (χ3n) is 24.8. The van der Waals surface area contributed by atoms with Crippen molar-refractivity contribution in [1.82, 2.24) is 70.8 Å². The minimum absolute atomic E-state index is 0. The van der Waals surface area contributed by atoms with Crippen LogP contribution < -0.4 is 14.4 Å². The molecule has 601 valence electrons.